The number of hydrogen-bond acceptors (Lipinski definition) is 2. The van der Waals surface area contributed by atoms with Gasteiger partial charge in [-0.3, -0.25) is 0 Å². The Hall–Kier alpha value is -0.180. The smallest absolute Gasteiger partial charge is 0.0545 e. The fraction of sp³-hybridized carbons (Fsp3) is 0.571. The van der Waals surface area contributed by atoms with Gasteiger partial charge in [0, 0.05) is 22.2 Å². The summed E-state index contributed by atoms with van der Waals surface area (Å²) in [5.41, 5.74) is 1.28. The van der Waals surface area contributed by atoms with E-state index >= 15 is 0 Å². The van der Waals surface area contributed by atoms with Gasteiger partial charge in [-0.1, -0.05) is 58.4 Å². The van der Waals surface area contributed by atoms with E-state index in [2.05, 4.69) is 46.0 Å². The van der Waals surface area contributed by atoms with Crippen molar-refractivity contribution in [2.45, 2.75) is 56.8 Å². The molecule has 0 aromatic heterocycles. The lowest BCUT2D eigenvalue weighted by Gasteiger charge is -2.21. The van der Waals surface area contributed by atoms with Crippen LogP contribution in [0.15, 0.2) is 23.1 Å². The van der Waals surface area contributed by atoms with Gasteiger partial charge in [0.15, 0.2) is 0 Å². The summed E-state index contributed by atoms with van der Waals surface area (Å²) >= 11 is 8.14. The van der Waals surface area contributed by atoms with Crippen LogP contribution in [0.1, 0.15) is 40.2 Å². The predicted octanol–water partition coefficient (Wildman–Crippen LogP) is 4.73. The van der Waals surface area contributed by atoms with Crippen LogP contribution in [0, 0.1) is 0 Å². The molecule has 0 saturated carbocycles. The van der Waals surface area contributed by atoms with E-state index in [0.29, 0.717) is 6.04 Å². The van der Waals surface area contributed by atoms with Crippen LogP contribution in [0.3, 0.4) is 0 Å². The molecule has 0 amide bonds. The van der Waals surface area contributed by atoms with Crippen LogP contribution in [0.2, 0.25) is 5.02 Å². The molecule has 0 saturated heterocycles. The molecule has 17 heavy (non-hydrogen) atoms. The number of benzene rings is 1. The second-order valence-corrected chi connectivity index (χ2v) is 7.72. The van der Waals surface area contributed by atoms with Gasteiger partial charge in [-0.15, -0.1) is 11.8 Å². The van der Waals surface area contributed by atoms with Gasteiger partial charge in [0.05, 0.1) is 5.02 Å². The van der Waals surface area contributed by atoms with E-state index in [4.69, 9.17) is 11.6 Å². The third kappa shape index (κ3) is 5.33. The van der Waals surface area contributed by atoms with Gasteiger partial charge < -0.3 is 5.32 Å². The fourth-order valence-corrected chi connectivity index (χ4v) is 2.79. The van der Waals surface area contributed by atoms with Crippen molar-refractivity contribution in [2.75, 3.05) is 0 Å². The molecule has 0 bridgehead atoms. The van der Waals surface area contributed by atoms with Crippen molar-refractivity contribution in [3.05, 3.63) is 28.8 Å². The first kappa shape index (κ1) is 14.9. The topological polar surface area (TPSA) is 12.0 Å². The van der Waals surface area contributed by atoms with Crippen LogP contribution >= 0.6 is 23.4 Å². The van der Waals surface area contributed by atoms with Crippen LogP contribution in [-0.2, 0) is 6.54 Å². The Labute approximate surface area is 114 Å². The first-order valence-electron chi connectivity index (χ1n) is 5.99. The maximum atomic E-state index is 6.30. The highest BCUT2D eigenvalue weighted by Gasteiger charge is 2.17. The van der Waals surface area contributed by atoms with Gasteiger partial charge in [-0.2, -0.15) is 0 Å². The van der Waals surface area contributed by atoms with Crippen LogP contribution in [-0.4, -0.2) is 10.8 Å². The average Bonchev–Trinajstić information content (AvgIpc) is 2.17. The van der Waals surface area contributed by atoms with Gasteiger partial charge in [0.2, 0.25) is 0 Å². The highest BCUT2D eigenvalue weighted by atomic mass is 35.5. The lowest BCUT2D eigenvalue weighted by atomic mass is 10.2. The zero-order chi connectivity index (χ0) is 13.1. The molecular weight excluding hydrogens is 250 g/mol. The zero-order valence-electron chi connectivity index (χ0n) is 11.3. The summed E-state index contributed by atoms with van der Waals surface area (Å²) in [5, 5.41) is 4.30. The van der Waals surface area contributed by atoms with Gasteiger partial charge in [0.25, 0.3) is 0 Å². The highest BCUT2D eigenvalue weighted by molar-refractivity contribution is 8.00. The first-order valence-corrected chi connectivity index (χ1v) is 7.19. The summed E-state index contributed by atoms with van der Waals surface area (Å²) in [7, 11) is 0. The van der Waals surface area contributed by atoms with Crippen molar-refractivity contribution in [3.8, 4) is 0 Å². The lowest BCUT2D eigenvalue weighted by molar-refractivity contribution is 0.584. The molecule has 0 heterocycles. The molecular formula is C14H22ClNS. The van der Waals surface area contributed by atoms with E-state index in [1.165, 1.54) is 10.5 Å². The Morgan fingerprint density at radius 2 is 1.94 bits per heavy atom. The standard InChI is InChI=1S/C14H22ClNS/c1-10(2)16-9-11-7-6-8-12(15)13(11)17-14(3,4)5/h6-8,10,16H,9H2,1-5H3. The Morgan fingerprint density at radius 3 is 2.47 bits per heavy atom. The van der Waals surface area contributed by atoms with E-state index in [9.17, 15) is 0 Å². The van der Waals surface area contributed by atoms with Crippen LogP contribution < -0.4 is 5.32 Å². The van der Waals surface area contributed by atoms with Gasteiger partial charge in [-0.05, 0) is 11.6 Å². The third-order valence-electron chi connectivity index (χ3n) is 2.16. The van der Waals surface area contributed by atoms with Crippen LogP contribution in [0.4, 0.5) is 0 Å². The molecule has 1 rings (SSSR count). The van der Waals surface area contributed by atoms with E-state index in [0.717, 1.165) is 11.6 Å². The highest BCUT2D eigenvalue weighted by Crippen LogP contribution is 2.38. The first-order chi connectivity index (χ1) is 7.79. The molecule has 96 valence electrons. The maximum absolute atomic E-state index is 6.30. The van der Waals surface area contributed by atoms with E-state index in [1.54, 1.807) is 0 Å². The summed E-state index contributed by atoms with van der Waals surface area (Å²) in [4.78, 5) is 1.20. The summed E-state index contributed by atoms with van der Waals surface area (Å²) in [6.45, 7) is 11.8. The number of rotatable bonds is 4. The molecule has 0 unspecified atom stereocenters. The molecule has 0 spiro atoms. The molecule has 3 heteroatoms. The molecule has 1 nitrogen and oxygen atoms in total. The molecule has 1 aromatic carbocycles. The van der Waals surface area contributed by atoms with Crippen molar-refractivity contribution in [1.82, 2.24) is 5.32 Å². The minimum atomic E-state index is 0.178. The van der Waals surface area contributed by atoms with E-state index < -0.39 is 0 Å². The van der Waals surface area contributed by atoms with E-state index in [1.807, 2.05) is 23.9 Å². The van der Waals surface area contributed by atoms with Crippen molar-refractivity contribution in [3.63, 3.8) is 0 Å². The minimum Gasteiger partial charge on any atom is -0.310 e. The quantitative estimate of drug-likeness (QED) is 0.795. The summed E-state index contributed by atoms with van der Waals surface area (Å²) in [6.07, 6.45) is 0. The minimum absolute atomic E-state index is 0.178. The molecule has 0 aliphatic heterocycles. The Bertz CT molecular complexity index is 369. The molecule has 0 fully saturated rings. The molecule has 1 N–H and O–H groups in total. The Balaban J connectivity index is 2.92. The van der Waals surface area contributed by atoms with E-state index in [-0.39, 0.29) is 4.75 Å². The normalized spacial score (nSPS) is 12.2. The molecule has 0 aliphatic rings. The Kier molecular flexibility index (Phi) is 5.36. The number of thioether (sulfide) groups is 1. The second kappa shape index (κ2) is 6.12. The van der Waals surface area contributed by atoms with Crippen molar-refractivity contribution in [2.24, 2.45) is 0 Å². The predicted molar refractivity (Wildman–Crippen MR) is 79.0 cm³/mol. The Morgan fingerprint density at radius 1 is 1.29 bits per heavy atom. The van der Waals surface area contributed by atoms with Crippen LogP contribution in [0.25, 0.3) is 0 Å². The summed E-state index contributed by atoms with van der Waals surface area (Å²) in [5.74, 6) is 0. The number of halogens is 1. The van der Waals surface area contributed by atoms with Crippen LogP contribution in [0.5, 0.6) is 0 Å². The van der Waals surface area contributed by atoms with Gasteiger partial charge in [-0.25, -0.2) is 0 Å². The largest absolute Gasteiger partial charge is 0.310 e. The number of hydrogen-bond donors (Lipinski definition) is 1. The third-order valence-corrected chi connectivity index (χ3v) is 3.88. The molecule has 0 aliphatic carbocycles. The zero-order valence-corrected chi connectivity index (χ0v) is 12.9. The number of nitrogens with one attached hydrogen (secondary N) is 1. The van der Waals surface area contributed by atoms with Gasteiger partial charge in [0.1, 0.15) is 0 Å². The lowest BCUT2D eigenvalue weighted by Crippen LogP contribution is -2.22. The monoisotopic (exact) mass is 271 g/mol. The molecule has 0 radical (unpaired) electrons. The van der Waals surface area contributed by atoms with Crippen molar-refractivity contribution >= 4 is 23.4 Å². The summed E-state index contributed by atoms with van der Waals surface area (Å²) < 4.78 is 0.178. The molecule has 1 aromatic rings. The SMILES string of the molecule is CC(C)NCc1cccc(Cl)c1SC(C)(C)C. The maximum Gasteiger partial charge on any atom is 0.0545 e. The van der Waals surface area contributed by atoms with Gasteiger partial charge >= 0.3 is 0 Å². The van der Waals surface area contributed by atoms with Crippen molar-refractivity contribution < 1.29 is 0 Å². The van der Waals surface area contributed by atoms with Crippen molar-refractivity contribution in [1.29, 1.82) is 0 Å². The summed E-state index contributed by atoms with van der Waals surface area (Å²) in [6, 6.07) is 6.62. The second-order valence-electron chi connectivity index (χ2n) is 5.48. The fourth-order valence-electron chi connectivity index (χ4n) is 1.43. The molecule has 0 atom stereocenters. The average molecular weight is 272 g/mol.